The Bertz CT molecular complexity index is 373. The lowest BCUT2D eigenvalue weighted by molar-refractivity contribution is -0.124. The average molecular weight is 228 g/mol. The van der Waals surface area contributed by atoms with Crippen molar-refractivity contribution in [2.24, 2.45) is 0 Å². The molecule has 0 aliphatic heterocycles. The van der Waals surface area contributed by atoms with Gasteiger partial charge in [0.1, 0.15) is 12.2 Å². The zero-order valence-electron chi connectivity index (χ0n) is 9.51. The molecule has 1 heterocycles. The van der Waals surface area contributed by atoms with E-state index < -0.39 is 18.1 Å². The number of aromatic nitrogens is 3. The Labute approximate surface area is 93.1 Å². The lowest BCUT2D eigenvalue weighted by Gasteiger charge is -2.13. The summed E-state index contributed by atoms with van der Waals surface area (Å²) in [6.45, 7) is 4.72. The molecule has 0 saturated carbocycles. The van der Waals surface area contributed by atoms with Crippen LogP contribution in [0, 0.1) is 0 Å². The summed E-state index contributed by atoms with van der Waals surface area (Å²) in [5, 5.41) is 26.1. The molecule has 2 atom stereocenters. The summed E-state index contributed by atoms with van der Waals surface area (Å²) in [6, 6.07) is 0. The molecule has 0 aromatic carbocycles. The molecule has 0 spiro atoms. The van der Waals surface area contributed by atoms with Gasteiger partial charge in [-0.15, -0.1) is 10.2 Å². The highest BCUT2D eigenvalue weighted by Crippen LogP contribution is 2.10. The number of aryl methyl sites for hydroxylation is 1. The van der Waals surface area contributed by atoms with Gasteiger partial charge in [-0.2, -0.15) is 0 Å². The van der Waals surface area contributed by atoms with Gasteiger partial charge in [0.15, 0.2) is 11.6 Å². The predicted molar refractivity (Wildman–Crippen MR) is 56.1 cm³/mol. The van der Waals surface area contributed by atoms with Crippen molar-refractivity contribution in [2.75, 3.05) is 5.43 Å². The largest absolute Gasteiger partial charge is 0.385 e. The van der Waals surface area contributed by atoms with Crippen molar-refractivity contribution in [1.29, 1.82) is 0 Å². The normalized spacial score (nSPS) is 14.6. The van der Waals surface area contributed by atoms with Crippen LogP contribution in [0.15, 0.2) is 0 Å². The molecular formula is C9H16N4O3. The molecule has 0 radical (unpaired) electrons. The molecule has 0 aliphatic carbocycles. The third kappa shape index (κ3) is 2.56. The summed E-state index contributed by atoms with van der Waals surface area (Å²) in [4.78, 5) is 11.3. The predicted octanol–water partition coefficient (Wildman–Crippen LogP) is -0.655. The van der Waals surface area contributed by atoms with Crippen LogP contribution in [-0.4, -0.2) is 37.1 Å². The first-order valence-electron chi connectivity index (χ1n) is 5.08. The first kappa shape index (κ1) is 12.6. The van der Waals surface area contributed by atoms with Crippen molar-refractivity contribution in [3.8, 4) is 0 Å². The molecule has 0 saturated heterocycles. The molecule has 7 heteroatoms. The highest BCUT2D eigenvalue weighted by Gasteiger charge is 2.18. The van der Waals surface area contributed by atoms with Crippen LogP contribution in [-0.2, 0) is 11.2 Å². The van der Waals surface area contributed by atoms with Crippen molar-refractivity contribution >= 4 is 5.91 Å². The van der Waals surface area contributed by atoms with Crippen molar-refractivity contribution in [2.45, 2.75) is 39.4 Å². The second-order valence-corrected chi connectivity index (χ2v) is 3.49. The van der Waals surface area contributed by atoms with Gasteiger partial charge in [0.05, 0.1) is 0 Å². The van der Waals surface area contributed by atoms with Crippen LogP contribution in [0.4, 0.5) is 0 Å². The van der Waals surface area contributed by atoms with E-state index in [-0.39, 0.29) is 5.82 Å². The highest BCUT2D eigenvalue weighted by molar-refractivity contribution is 5.87. The van der Waals surface area contributed by atoms with E-state index in [0.29, 0.717) is 12.2 Å². The van der Waals surface area contributed by atoms with E-state index in [0.717, 1.165) is 0 Å². The van der Waals surface area contributed by atoms with Gasteiger partial charge in [-0.1, -0.05) is 6.92 Å². The van der Waals surface area contributed by atoms with E-state index >= 15 is 0 Å². The first-order chi connectivity index (χ1) is 7.47. The summed E-state index contributed by atoms with van der Waals surface area (Å²) in [5.74, 6) is 0.187. The SMILES string of the molecule is CCc1nnc(C(C)O)n1NC(=O)C(C)O. The van der Waals surface area contributed by atoms with Crippen molar-refractivity contribution < 1.29 is 15.0 Å². The molecule has 1 amide bonds. The number of amides is 1. The number of aliphatic hydroxyl groups excluding tert-OH is 2. The number of carbonyl (C=O) groups is 1. The average Bonchev–Trinajstić information content (AvgIpc) is 2.60. The van der Waals surface area contributed by atoms with Gasteiger partial charge >= 0.3 is 0 Å². The molecule has 2 unspecified atom stereocenters. The lowest BCUT2D eigenvalue weighted by Crippen LogP contribution is -2.33. The molecule has 16 heavy (non-hydrogen) atoms. The molecule has 1 rings (SSSR count). The number of hydrogen-bond acceptors (Lipinski definition) is 5. The van der Waals surface area contributed by atoms with E-state index in [1.54, 1.807) is 0 Å². The van der Waals surface area contributed by atoms with Crippen LogP contribution in [0.2, 0.25) is 0 Å². The monoisotopic (exact) mass is 228 g/mol. The van der Waals surface area contributed by atoms with Gasteiger partial charge in [0, 0.05) is 6.42 Å². The maximum absolute atomic E-state index is 11.3. The molecule has 1 aromatic rings. The number of hydrogen-bond donors (Lipinski definition) is 3. The zero-order chi connectivity index (χ0) is 12.3. The van der Waals surface area contributed by atoms with Crippen molar-refractivity contribution in [3.05, 3.63) is 11.6 Å². The van der Waals surface area contributed by atoms with Gasteiger partial charge in [-0.3, -0.25) is 10.2 Å². The Balaban J connectivity index is 2.99. The van der Waals surface area contributed by atoms with E-state index in [4.69, 9.17) is 5.11 Å². The number of nitrogens with one attached hydrogen (secondary N) is 1. The molecule has 1 aromatic heterocycles. The van der Waals surface area contributed by atoms with Crippen LogP contribution in [0.3, 0.4) is 0 Å². The Kier molecular flexibility index (Phi) is 3.97. The minimum absolute atomic E-state index is 0.242. The van der Waals surface area contributed by atoms with Gasteiger partial charge in [-0.05, 0) is 13.8 Å². The third-order valence-electron chi connectivity index (χ3n) is 2.05. The van der Waals surface area contributed by atoms with E-state index in [2.05, 4.69) is 15.6 Å². The summed E-state index contributed by atoms with van der Waals surface area (Å²) in [6.07, 6.45) is -1.42. The number of nitrogens with zero attached hydrogens (tertiary/aromatic N) is 3. The maximum Gasteiger partial charge on any atom is 0.267 e. The fraction of sp³-hybridized carbons (Fsp3) is 0.667. The molecule has 0 aliphatic rings. The van der Waals surface area contributed by atoms with Gasteiger partial charge < -0.3 is 10.2 Å². The summed E-state index contributed by atoms with van der Waals surface area (Å²) in [5.41, 5.74) is 2.43. The number of carbonyl (C=O) groups excluding carboxylic acids is 1. The van der Waals surface area contributed by atoms with E-state index in [9.17, 15) is 9.90 Å². The van der Waals surface area contributed by atoms with Crippen LogP contribution < -0.4 is 5.43 Å². The van der Waals surface area contributed by atoms with Crippen LogP contribution >= 0.6 is 0 Å². The molecule has 3 N–H and O–H groups in total. The van der Waals surface area contributed by atoms with Gasteiger partial charge in [-0.25, -0.2) is 4.68 Å². The Hall–Kier alpha value is -1.47. The molecule has 7 nitrogen and oxygen atoms in total. The van der Waals surface area contributed by atoms with Crippen LogP contribution in [0.25, 0.3) is 0 Å². The van der Waals surface area contributed by atoms with E-state index in [1.807, 2.05) is 6.92 Å². The van der Waals surface area contributed by atoms with Crippen molar-refractivity contribution in [3.63, 3.8) is 0 Å². The molecular weight excluding hydrogens is 212 g/mol. The number of aliphatic hydroxyl groups is 2. The highest BCUT2D eigenvalue weighted by atomic mass is 16.3. The van der Waals surface area contributed by atoms with E-state index in [1.165, 1.54) is 18.5 Å². The zero-order valence-corrected chi connectivity index (χ0v) is 9.51. The molecule has 0 fully saturated rings. The quantitative estimate of drug-likeness (QED) is 0.635. The summed E-state index contributed by atoms with van der Waals surface area (Å²) >= 11 is 0. The molecule has 90 valence electrons. The fourth-order valence-electron chi connectivity index (χ4n) is 1.16. The minimum Gasteiger partial charge on any atom is -0.385 e. The third-order valence-corrected chi connectivity index (χ3v) is 2.05. The minimum atomic E-state index is -1.13. The smallest absolute Gasteiger partial charge is 0.267 e. The lowest BCUT2D eigenvalue weighted by atomic mass is 10.3. The maximum atomic E-state index is 11.3. The topological polar surface area (TPSA) is 100 Å². The second kappa shape index (κ2) is 5.04. The fourth-order valence-corrected chi connectivity index (χ4v) is 1.16. The molecule has 0 bridgehead atoms. The Morgan fingerprint density at radius 3 is 2.50 bits per heavy atom. The van der Waals surface area contributed by atoms with Crippen molar-refractivity contribution in [1.82, 2.24) is 14.9 Å². The van der Waals surface area contributed by atoms with Gasteiger partial charge in [0.25, 0.3) is 5.91 Å². The van der Waals surface area contributed by atoms with Crippen LogP contribution in [0.1, 0.15) is 38.5 Å². The Morgan fingerprint density at radius 1 is 1.44 bits per heavy atom. The van der Waals surface area contributed by atoms with Gasteiger partial charge in [0.2, 0.25) is 0 Å². The standard InChI is InChI=1S/C9H16N4O3/c1-4-7-10-11-8(5(2)14)13(7)12-9(16)6(3)15/h5-6,14-15H,4H2,1-3H3,(H,12,16). The second-order valence-electron chi connectivity index (χ2n) is 3.49. The first-order valence-corrected chi connectivity index (χ1v) is 5.08. The summed E-state index contributed by atoms with van der Waals surface area (Å²) in [7, 11) is 0. The summed E-state index contributed by atoms with van der Waals surface area (Å²) < 4.78 is 1.31. The number of rotatable bonds is 4. The Morgan fingerprint density at radius 2 is 2.06 bits per heavy atom. The van der Waals surface area contributed by atoms with Crippen LogP contribution in [0.5, 0.6) is 0 Å².